The minimum atomic E-state index is -0.489. The zero-order valence-corrected chi connectivity index (χ0v) is 20.2. The molecule has 0 atom stereocenters. The van der Waals surface area contributed by atoms with Gasteiger partial charge in [-0.3, -0.25) is 4.79 Å². The van der Waals surface area contributed by atoms with E-state index >= 15 is 0 Å². The van der Waals surface area contributed by atoms with Crippen LogP contribution in [0.5, 0.6) is 11.5 Å². The molecule has 0 spiro atoms. The number of hydrogen-bond donors (Lipinski definition) is 1. The molecule has 0 aliphatic carbocycles. The average Bonchev–Trinajstić information content (AvgIpc) is 2.85. The Labute approximate surface area is 200 Å². The normalized spacial score (nSPS) is 17.7. The molecule has 0 saturated carbocycles. The Morgan fingerprint density at radius 1 is 1.18 bits per heavy atom. The molecule has 0 unspecified atom stereocenters. The number of benzene rings is 1. The molecule has 3 heterocycles. The van der Waals surface area contributed by atoms with Crippen molar-refractivity contribution in [2.45, 2.75) is 57.7 Å². The summed E-state index contributed by atoms with van der Waals surface area (Å²) in [7, 11) is 1.69. The van der Waals surface area contributed by atoms with E-state index in [4.69, 9.17) is 9.47 Å². The third-order valence-electron chi connectivity index (χ3n) is 6.63. The molecule has 2 aliphatic heterocycles. The van der Waals surface area contributed by atoms with Crippen LogP contribution in [0.2, 0.25) is 0 Å². The first-order valence-electron chi connectivity index (χ1n) is 12.1. The zero-order valence-electron chi connectivity index (χ0n) is 20.2. The van der Waals surface area contributed by atoms with Gasteiger partial charge in [0.1, 0.15) is 17.9 Å². The fourth-order valence-corrected chi connectivity index (χ4v) is 4.38. The van der Waals surface area contributed by atoms with Crippen molar-refractivity contribution in [3.05, 3.63) is 42.1 Å². The molecule has 1 aromatic heterocycles. The summed E-state index contributed by atoms with van der Waals surface area (Å²) in [6.07, 6.45) is 7.22. The Morgan fingerprint density at radius 3 is 2.59 bits per heavy atom. The number of piperidine rings is 1. The van der Waals surface area contributed by atoms with Gasteiger partial charge in [0, 0.05) is 51.5 Å². The molecule has 34 heavy (non-hydrogen) atoms. The third-order valence-corrected chi connectivity index (χ3v) is 6.63. The molecule has 0 radical (unpaired) electrons. The van der Waals surface area contributed by atoms with E-state index in [0.29, 0.717) is 23.7 Å². The molecule has 2 saturated heterocycles. The van der Waals surface area contributed by atoms with Crippen LogP contribution in [-0.2, 0) is 4.74 Å². The van der Waals surface area contributed by atoms with Crippen molar-refractivity contribution >= 4 is 11.7 Å². The Kier molecular flexibility index (Phi) is 7.95. The summed E-state index contributed by atoms with van der Waals surface area (Å²) in [4.78, 5) is 25.3. The van der Waals surface area contributed by atoms with Crippen LogP contribution in [0.1, 0.15) is 49.9 Å². The molecule has 184 valence electrons. The molecule has 2 aromatic rings. The number of hydrogen-bond acceptors (Lipinski definition) is 7. The minimum Gasteiger partial charge on any atom is -0.451 e. The SMILES string of the molecule is CC(C)N(C)C(=O)c1cc(F)ccc1Oc1cncnc1N1CCC(NC2CCOCC2)CC1. The summed E-state index contributed by atoms with van der Waals surface area (Å²) < 4.78 is 25.6. The maximum atomic E-state index is 14.0. The Hall–Kier alpha value is -2.78. The van der Waals surface area contributed by atoms with E-state index in [1.807, 2.05) is 13.8 Å². The topological polar surface area (TPSA) is 79.8 Å². The van der Waals surface area contributed by atoms with Crippen molar-refractivity contribution < 1.29 is 18.7 Å². The average molecular weight is 472 g/mol. The second kappa shape index (κ2) is 11.1. The van der Waals surface area contributed by atoms with Crippen molar-refractivity contribution in [3.8, 4) is 11.5 Å². The quantitative estimate of drug-likeness (QED) is 0.661. The molecular weight excluding hydrogens is 437 g/mol. The van der Waals surface area contributed by atoms with Gasteiger partial charge in [0.2, 0.25) is 0 Å². The summed E-state index contributed by atoms with van der Waals surface area (Å²) in [6, 6.07) is 4.96. The molecule has 2 fully saturated rings. The molecule has 2 aliphatic rings. The minimum absolute atomic E-state index is 0.0321. The van der Waals surface area contributed by atoms with Gasteiger partial charge in [-0.1, -0.05) is 0 Å². The van der Waals surface area contributed by atoms with Crippen LogP contribution in [0.15, 0.2) is 30.7 Å². The fraction of sp³-hybridized carbons (Fsp3) is 0.560. The Balaban J connectivity index is 1.47. The molecule has 1 N–H and O–H groups in total. The van der Waals surface area contributed by atoms with E-state index < -0.39 is 5.82 Å². The molecule has 4 rings (SSSR count). The molecular formula is C25H34FN5O3. The van der Waals surface area contributed by atoms with E-state index in [1.54, 1.807) is 18.1 Å². The van der Waals surface area contributed by atoms with Crippen molar-refractivity contribution in [2.75, 3.05) is 38.3 Å². The largest absolute Gasteiger partial charge is 0.451 e. The highest BCUT2D eigenvalue weighted by Crippen LogP contribution is 2.34. The second-order valence-corrected chi connectivity index (χ2v) is 9.28. The van der Waals surface area contributed by atoms with Crippen molar-refractivity contribution in [3.63, 3.8) is 0 Å². The molecule has 9 heteroatoms. The lowest BCUT2D eigenvalue weighted by molar-refractivity contribution is 0.0737. The van der Waals surface area contributed by atoms with Crippen LogP contribution in [-0.4, -0.2) is 72.3 Å². The highest BCUT2D eigenvalue weighted by molar-refractivity contribution is 5.97. The van der Waals surface area contributed by atoms with E-state index in [1.165, 1.54) is 24.5 Å². The van der Waals surface area contributed by atoms with Crippen molar-refractivity contribution in [1.29, 1.82) is 0 Å². The smallest absolute Gasteiger partial charge is 0.257 e. The lowest BCUT2D eigenvalue weighted by atomic mass is 10.0. The number of aromatic nitrogens is 2. The molecule has 1 amide bonds. The lowest BCUT2D eigenvalue weighted by Crippen LogP contribution is -2.48. The van der Waals surface area contributed by atoms with Crippen LogP contribution in [0, 0.1) is 5.82 Å². The number of halogens is 1. The van der Waals surface area contributed by atoms with Crippen molar-refractivity contribution in [1.82, 2.24) is 20.2 Å². The highest BCUT2D eigenvalue weighted by Gasteiger charge is 2.26. The van der Waals surface area contributed by atoms with E-state index in [2.05, 4.69) is 20.2 Å². The number of nitrogens with one attached hydrogen (secondary N) is 1. The number of ether oxygens (including phenoxy) is 2. The number of carbonyl (C=O) groups is 1. The first-order valence-corrected chi connectivity index (χ1v) is 12.1. The van der Waals surface area contributed by atoms with Crippen LogP contribution in [0.25, 0.3) is 0 Å². The second-order valence-electron chi connectivity index (χ2n) is 9.28. The fourth-order valence-electron chi connectivity index (χ4n) is 4.38. The van der Waals surface area contributed by atoms with E-state index in [0.717, 1.165) is 52.0 Å². The summed E-state index contributed by atoms with van der Waals surface area (Å²) in [6.45, 7) is 7.14. The first kappa shape index (κ1) is 24.3. The summed E-state index contributed by atoms with van der Waals surface area (Å²) in [5, 5.41) is 3.78. The Morgan fingerprint density at radius 2 is 1.88 bits per heavy atom. The van der Waals surface area contributed by atoms with Crippen LogP contribution < -0.4 is 15.0 Å². The maximum absolute atomic E-state index is 14.0. The van der Waals surface area contributed by atoms with Gasteiger partial charge in [-0.05, 0) is 57.7 Å². The maximum Gasteiger partial charge on any atom is 0.257 e. The van der Waals surface area contributed by atoms with Gasteiger partial charge >= 0.3 is 0 Å². The van der Waals surface area contributed by atoms with E-state index in [-0.39, 0.29) is 23.3 Å². The van der Waals surface area contributed by atoms with E-state index in [9.17, 15) is 9.18 Å². The lowest BCUT2D eigenvalue weighted by Gasteiger charge is -2.36. The summed E-state index contributed by atoms with van der Waals surface area (Å²) >= 11 is 0. The summed E-state index contributed by atoms with van der Waals surface area (Å²) in [5.74, 6) is 0.621. The zero-order chi connectivity index (χ0) is 24.1. The molecule has 0 bridgehead atoms. The number of nitrogens with zero attached hydrogens (tertiary/aromatic N) is 4. The summed E-state index contributed by atoms with van der Waals surface area (Å²) in [5.41, 5.74) is 0.172. The van der Waals surface area contributed by atoms with Gasteiger partial charge in [0.25, 0.3) is 5.91 Å². The van der Waals surface area contributed by atoms with Crippen LogP contribution in [0.4, 0.5) is 10.2 Å². The monoisotopic (exact) mass is 471 g/mol. The van der Waals surface area contributed by atoms with Gasteiger partial charge in [0.05, 0.1) is 11.8 Å². The van der Waals surface area contributed by atoms with Crippen LogP contribution >= 0.6 is 0 Å². The highest BCUT2D eigenvalue weighted by atomic mass is 19.1. The number of anilines is 1. The number of amides is 1. The third kappa shape index (κ3) is 5.82. The van der Waals surface area contributed by atoms with Gasteiger partial charge in [-0.25, -0.2) is 14.4 Å². The first-order chi connectivity index (χ1) is 16.4. The predicted molar refractivity (Wildman–Crippen MR) is 128 cm³/mol. The Bertz CT molecular complexity index is 975. The predicted octanol–water partition coefficient (Wildman–Crippen LogP) is 3.63. The van der Waals surface area contributed by atoms with Crippen molar-refractivity contribution in [2.24, 2.45) is 0 Å². The van der Waals surface area contributed by atoms with Gasteiger partial charge in [-0.2, -0.15) is 0 Å². The molecule has 1 aromatic carbocycles. The molecule has 8 nitrogen and oxygen atoms in total. The van der Waals surface area contributed by atoms with Gasteiger partial charge in [-0.15, -0.1) is 0 Å². The van der Waals surface area contributed by atoms with Gasteiger partial charge < -0.3 is 24.6 Å². The standard InChI is InChI=1S/C25H34FN5O3/c1-17(2)30(3)25(32)21-14-18(26)4-5-22(21)34-23-15-27-16-28-24(23)31-10-6-19(7-11-31)29-20-8-12-33-13-9-20/h4-5,14-17,19-20,29H,6-13H2,1-3H3. The number of carbonyl (C=O) groups excluding carboxylic acids is 1. The number of rotatable bonds is 7. The van der Waals surface area contributed by atoms with Crippen LogP contribution in [0.3, 0.4) is 0 Å². The van der Waals surface area contributed by atoms with Gasteiger partial charge in [0.15, 0.2) is 11.6 Å².